The van der Waals surface area contributed by atoms with E-state index in [0.29, 0.717) is 54.0 Å². The average Bonchev–Trinajstić information content (AvgIpc) is 4.33. The molecular weight excluding hydrogens is 1000 g/mol. The number of ketones is 1. The lowest BCUT2D eigenvalue weighted by Crippen LogP contribution is -2.73. The fourth-order valence-electron chi connectivity index (χ4n) is 15.8. The Morgan fingerprint density at radius 1 is 0.855 bits per heavy atom. The molecule has 76 heavy (non-hydrogen) atoms. The molecule has 1 spiro atoms. The van der Waals surface area contributed by atoms with Crippen molar-refractivity contribution in [1.29, 1.82) is 0 Å². The number of nitrogens with zero attached hydrogens (tertiary/aromatic N) is 6. The van der Waals surface area contributed by atoms with Gasteiger partial charge in [0.05, 0.1) is 35.9 Å². The van der Waals surface area contributed by atoms with E-state index in [4.69, 9.17) is 37.7 Å². The molecule has 6 heterocycles. The van der Waals surface area contributed by atoms with Gasteiger partial charge in [0.15, 0.2) is 5.78 Å². The Balaban J connectivity index is 1.03. The molecule has 2 bridgehead atoms. The Morgan fingerprint density at radius 3 is 2.29 bits per heavy atom. The smallest absolute Gasteiger partial charge is 0.240 e. The number of aromatic nitrogens is 2. The van der Waals surface area contributed by atoms with Crippen molar-refractivity contribution < 1.29 is 23.0 Å². The van der Waals surface area contributed by atoms with Crippen molar-refractivity contribution in [2.45, 2.75) is 139 Å². The van der Waals surface area contributed by atoms with Gasteiger partial charge in [0.1, 0.15) is 17.3 Å². The van der Waals surface area contributed by atoms with Gasteiger partial charge in [-0.3, -0.25) is 24.4 Å². The predicted octanol–water partition coefficient (Wildman–Crippen LogP) is 10.2. The third kappa shape index (κ3) is 9.55. The van der Waals surface area contributed by atoms with Crippen LogP contribution in [0.15, 0.2) is 103 Å². The van der Waals surface area contributed by atoms with Crippen LogP contribution >= 0.6 is 23.2 Å². The van der Waals surface area contributed by atoms with Crippen molar-refractivity contribution >= 4 is 29.0 Å². The van der Waals surface area contributed by atoms with E-state index < -0.39 is 41.8 Å². The van der Waals surface area contributed by atoms with Crippen LogP contribution in [0, 0.1) is 16.7 Å². The zero-order valence-electron chi connectivity index (χ0n) is 45.0. The van der Waals surface area contributed by atoms with Crippen molar-refractivity contribution in [2.75, 3.05) is 47.4 Å². The van der Waals surface area contributed by atoms with E-state index >= 15 is 13.6 Å². The summed E-state index contributed by atoms with van der Waals surface area (Å²) in [7, 11) is 8.15. The van der Waals surface area contributed by atoms with Crippen LogP contribution in [0.2, 0.25) is 10.0 Å². The molecule has 1 saturated carbocycles. The zero-order valence-corrected chi connectivity index (χ0v) is 46.5. The summed E-state index contributed by atoms with van der Waals surface area (Å²) in [5, 5.41) is 9.31. The molecule has 15 heteroatoms. The highest BCUT2D eigenvalue weighted by atomic mass is 35.5. The summed E-state index contributed by atoms with van der Waals surface area (Å²) in [4.78, 5) is 32.1. The summed E-state index contributed by atoms with van der Waals surface area (Å²) >= 11 is 13.3. The van der Waals surface area contributed by atoms with Gasteiger partial charge >= 0.3 is 0 Å². The van der Waals surface area contributed by atoms with Crippen molar-refractivity contribution in [3.63, 3.8) is 0 Å². The molecule has 2 N–H and O–H groups in total. The van der Waals surface area contributed by atoms with Gasteiger partial charge in [0.25, 0.3) is 0 Å². The van der Waals surface area contributed by atoms with Gasteiger partial charge in [-0.1, -0.05) is 78.7 Å². The normalized spacial score (nSPS) is 32.1. The molecule has 5 saturated heterocycles. The molecule has 6 fully saturated rings. The lowest BCUT2D eigenvalue weighted by Gasteiger charge is -2.57. The maximum atomic E-state index is 17.6. The number of carbonyl (C=O) groups excluding carboxylic acids is 1. The number of hydrogen-bond donors (Lipinski definition) is 2. The number of likely N-dealkylation sites (tertiary alicyclic amines) is 3. The number of benzene rings is 4. The van der Waals surface area contributed by atoms with E-state index in [1.165, 1.54) is 18.4 Å². The van der Waals surface area contributed by atoms with Crippen LogP contribution in [0.25, 0.3) is 11.3 Å². The standard InChI is InChI=1S/C61H76Cl2F2N8O3/c1-7-60-53-29-43(27-39-13-9-8-10-14-39)57(60)69(3)38(2)33-66-52-31-46(28-40-15-20-44(62)21-16-40)70(4)58-48(37-75-6)68-56(61(52,58)59(60)74)49(32-54(64)65)73(53)35-42-17-22-45(63)30-51(42)76-47-23-18-41(19-24-47)50-34-67-55(71(50)5)36-72-25-11-12-26-72/h8-10,13-24,30,34,38,43,46,48-49,52-54,56-58,66,68H,7,11-12,25-29,31-33,35-37H2,1-6H3/t38-,43+,46-,48+,49-,52?,53?,56?,57?,58?,60?,61?/m0/s1. The topological polar surface area (TPSA) is 90.4 Å². The maximum Gasteiger partial charge on any atom is 0.240 e. The number of hydrogen-bond acceptors (Lipinski definition) is 10. The molecule has 1 aliphatic carbocycles. The number of rotatable bonds is 16. The van der Waals surface area contributed by atoms with Crippen LogP contribution in [-0.2, 0) is 42.5 Å². The number of Topliss-reactive ketones (excluding diaryl/α,β-unsaturated/α-hetero) is 1. The Kier molecular flexibility index (Phi) is 15.6. The van der Waals surface area contributed by atoms with E-state index in [9.17, 15) is 0 Å². The zero-order chi connectivity index (χ0) is 53.0. The van der Waals surface area contributed by atoms with Gasteiger partial charge < -0.3 is 24.7 Å². The Labute approximate surface area is 458 Å². The number of piperidine rings is 1. The SMILES string of the molecule is CCC12C(=O)C34C5C[C@H](Cc6ccc(Cl)cc6)N(C)C3[C@@H](COC)NC4[C@H](CC(F)F)N(Cc3ccc(Cl)cc3Oc3ccc(-c4cnc(CN6CCCC6)n4C)cc3)C1C[C@@H](Cc1ccccc1)C2N(C)[C@@H](C)CN5. The van der Waals surface area contributed by atoms with Crippen LogP contribution in [0.5, 0.6) is 11.5 Å². The first-order valence-electron chi connectivity index (χ1n) is 27.8. The van der Waals surface area contributed by atoms with Gasteiger partial charge in [-0.2, -0.15) is 0 Å². The van der Waals surface area contributed by atoms with Crippen LogP contribution in [0.3, 0.4) is 0 Å². The van der Waals surface area contributed by atoms with Crippen molar-refractivity contribution in [3.8, 4) is 22.8 Å². The van der Waals surface area contributed by atoms with Gasteiger partial charge in [0.2, 0.25) is 6.43 Å². The molecule has 0 amide bonds. The van der Waals surface area contributed by atoms with Crippen LogP contribution in [0.1, 0.15) is 74.9 Å². The summed E-state index contributed by atoms with van der Waals surface area (Å²) < 4.78 is 47.3. The maximum absolute atomic E-state index is 17.6. The number of ether oxygens (including phenoxy) is 2. The third-order valence-electron chi connectivity index (χ3n) is 19.3. The molecule has 5 aliphatic heterocycles. The van der Waals surface area contributed by atoms with Gasteiger partial charge in [0, 0.05) is 109 Å². The second kappa shape index (κ2) is 22.1. The number of halogens is 4. The van der Waals surface area contributed by atoms with E-state index in [0.717, 1.165) is 60.7 Å². The molecule has 6 aliphatic rings. The number of methoxy groups -OCH3 is 1. The van der Waals surface area contributed by atoms with Crippen LogP contribution in [-0.4, -0.2) is 143 Å². The molecule has 0 radical (unpaired) electrons. The summed E-state index contributed by atoms with van der Waals surface area (Å²) in [5.41, 5.74) is 3.15. The average molecular weight is 1080 g/mol. The Hall–Kier alpha value is -4.28. The van der Waals surface area contributed by atoms with E-state index in [2.05, 4.69) is 118 Å². The Morgan fingerprint density at radius 2 is 1.58 bits per heavy atom. The summed E-state index contributed by atoms with van der Waals surface area (Å²) in [5.74, 6) is 2.46. The number of imidazole rings is 1. The second-order valence-corrected chi connectivity index (χ2v) is 24.0. The lowest BCUT2D eigenvalue weighted by atomic mass is 9.54. The number of likely N-dealkylation sites (N-methyl/N-ethyl adjacent to an activating group) is 2. The minimum absolute atomic E-state index is 0.0338. The van der Waals surface area contributed by atoms with Crippen LogP contribution in [0.4, 0.5) is 8.78 Å². The largest absolute Gasteiger partial charge is 0.457 e. The first-order chi connectivity index (χ1) is 36.7. The highest BCUT2D eigenvalue weighted by Crippen LogP contribution is 2.63. The number of alkyl halides is 2. The molecule has 406 valence electrons. The van der Waals surface area contributed by atoms with E-state index in [-0.39, 0.29) is 54.5 Å². The van der Waals surface area contributed by atoms with Crippen molar-refractivity contribution in [1.82, 2.24) is 39.8 Å². The lowest BCUT2D eigenvalue weighted by molar-refractivity contribution is -0.154. The molecule has 11 nitrogen and oxygen atoms in total. The van der Waals surface area contributed by atoms with Gasteiger partial charge in [-0.05, 0) is 145 Å². The summed E-state index contributed by atoms with van der Waals surface area (Å²) in [6.07, 6.45) is 4.71. The molecule has 12 atom stereocenters. The first-order valence-corrected chi connectivity index (χ1v) is 28.6. The molecule has 4 aromatic carbocycles. The monoisotopic (exact) mass is 1080 g/mol. The molecule has 11 rings (SSSR count). The molecular formula is C61H76Cl2F2N8O3. The highest BCUT2D eigenvalue weighted by molar-refractivity contribution is 6.31. The van der Waals surface area contributed by atoms with Crippen molar-refractivity contribution in [3.05, 3.63) is 136 Å². The third-order valence-corrected chi connectivity index (χ3v) is 19.8. The van der Waals surface area contributed by atoms with Crippen LogP contribution < -0.4 is 15.4 Å². The minimum atomic E-state index is -2.65. The van der Waals surface area contributed by atoms with Gasteiger partial charge in [-0.25, -0.2) is 13.8 Å². The quantitative estimate of drug-likeness (QED) is 0.0996. The summed E-state index contributed by atoms with van der Waals surface area (Å²) in [6, 6.07) is 29.5. The summed E-state index contributed by atoms with van der Waals surface area (Å²) in [6.45, 7) is 8.74. The number of carbonyl (C=O) groups is 1. The molecule has 1 aromatic heterocycles. The fourth-order valence-corrected chi connectivity index (χ4v) is 16.1. The molecule has 5 aromatic rings. The Bertz CT molecular complexity index is 2820. The van der Waals surface area contributed by atoms with E-state index in [1.54, 1.807) is 7.11 Å². The molecule has 7 unspecified atom stereocenters. The first kappa shape index (κ1) is 53.7. The predicted molar refractivity (Wildman–Crippen MR) is 297 cm³/mol. The number of nitrogens with one attached hydrogen (secondary N) is 2. The highest BCUT2D eigenvalue weighted by Gasteiger charge is 2.77. The minimum Gasteiger partial charge on any atom is -0.457 e. The fraction of sp³-hybridized carbons (Fsp3) is 0.541. The van der Waals surface area contributed by atoms with Crippen molar-refractivity contribution in [2.24, 2.45) is 23.8 Å². The second-order valence-electron chi connectivity index (χ2n) is 23.2. The van der Waals surface area contributed by atoms with E-state index in [1.807, 2.05) is 54.7 Å². The van der Waals surface area contributed by atoms with Gasteiger partial charge in [-0.15, -0.1) is 0 Å².